The molecule has 0 saturated heterocycles. The molecule has 82 valence electrons. The highest BCUT2D eigenvalue weighted by molar-refractivity contribution is 5.88. The molecule has 0 aliphatic carbocycles. The SMILES string of the molecule is CC(=O)Nc1cccc(OCC(C)N)c1. The summed E-state index contributed by atoms with van der Waals surface area (Å²) in [6.45, 7) is 3.80. The summed E-state index contributed by atoms with van der Waals surface area (Å²) in [6.07, 6.45) is 0. The highest BCUT2D eigenvalue weighted by Crippen LogP contribution is 2.17. The molecule has 0 fully saturated rings. The molecule has 1 amide bonds. The summed E-state index contributed by atoms with van der Waals surface area (Å²) in [4.78, 5) is 10.8. The van der Waals surface area contributed by atoms with Gasteiger partial charge in [-0.1, -0.05) is 6.07 Å². The molecule has 0 aliphatic rings. The average molecular weight is 208 g/mol. The summed E-state index contributed by atoms with van der Waals surface area (Å²) >= 11 is 0. The summed E-state index contributed by atoms with van der Waals surface area (Å²) in [5.74, 6) is 0.609. The zero-order chi connectivity index (χ0) is 11.3. The molecule has 0 radical (unpaired) electrons. The Morgan fingerprint density at radius 2 is 2.33 bits per heavy atom. The number of carbonyl (C=O) groups excluding carboxylic acids is 1. The van der Waals surface area contributed by atoms with Gasteiger partial charge in [-0.15, -0.1) is 0 Å². The zero-order valence-corrected chi connectivity index (χ0v) is 8.99. The molecule has 0 aliphatic heterocycles. The lowest BCUT2D eigenvalue weighted by Crippen LogP contribution is -2.23. The smallest absolute Gasteiger partial charge is 0.221 e. The van der Waals surface area contributed by atoms with E-state index in [1.54, 1.807) is 12.1 Å². The summed E-state index contributed by atoms with van der Waals surface area (Å²) in [5.41, 5.74) is 6.29. The molecule has 1 rings (SSSR count). The van der Waals surface area contributed by atoms with Gasteiger partial charge in [-0.05, 0) is 19.1 Å². The van der Waals surface area contributed by atoms with Crippen LogP contribution in [0.15, 0.2) is 24.3 Å². The van der Waals surface area contributed by atoms with Gasteiger partial charge >= 0.3 is 0 Å². The molecule has 15 heavy (non-hydrogen) atoms. The fourth-order valence-corrected chi connectivity index (χ4v) is 1.09. The third kappa shape index (κ3) is 4.46. The van der Waals surface area contributed by atoms with E-state index in [2.05, 4.69) is 5.32 Å². The van der Waals surface area contributed by atoms with Gasteiger partial charge in [0.2, 0.25) is 5.91 Å². The third-order valence-electron chi connectivity index (χ3n) is 1.67. The van der Waals surface area contributed by atoms with Crippen molar-refractivity contribution >= 4 is 11.6 Å². The minimum absolute atomic E-state index is 0.00516. The zero-order valence-electron chi connectivity index (χ0n) is 8.99. The van der Waals surface area contributed by atoms with Gasteiger partial charge in [0.15, 0.2) is 0 Å². The van der Waals surface area contributed by atoms with Crippen molar-refractivity contribution < 1.29 is 9.53 Å². The summed E-state index contributed by atoms with van der Waals surface area (Å²) in [6, 6.07) is 7.22. The van der Waals surface area contributed by atoms with Crippen LogP contribution in [0.1, 0.15) is 13.8 Å². The second-order valence-corrected chi connectivity index (χ2v) is 3.50. The van der Waals surface area contributed by atoms with Crippen LogP contribution in [0.4, 0.5) is 5.69 Å². The number of nitrogens with one attached hydrogen (secondary N) is 1. The Balaban J connectivity index is 2.61. The number of hydrogen-bond acceptors (Lipinski definition) is 3. The quantitative estimate of drug-likeness (QED) is 0.785. The van der Waals surface area contributed by atoms with Gasteiger partial charge in [-0.3, -0.25) is 4.79 Å². The van der Waals surface area contributed by atoms with Crippen LogP contribution in [0.25, 0.3) is 0 Å². The van der Waals surface area contributed by atoms with Gasteiger partial charge in [0.25, 0.3) is 0 Å². The maximum atomic E-state index is 10.8. The lowest BCUT2D eigenvalue weighted by atomic mass is 10.3. The molecule has 0 bridgehead atoms. The lowest BCUT2D eigenvalue weighted by molar-refractivity contribution is -0.114. The molecule has 1 aromatic rings. The molecule has 1 aromatic carbocycles. The Morgan fingerprint density at radius 1 is 1.60 bits per heavy atom. The topological polar surface area (TPSA) is 64.3 Å². The van der Waals surface area contributed by atoms with E-state index in [4.69, 9.17) is 10.5 Å². The first-order valence-electron chi connectivity index (χ1n) is 4.84. The van der Waals surface area contributed by atoms with Crippen LogP contribution in [-0.4, -0.2) is 18.6 Å². The molecule has 0 spiro atoms. The van der Waals surface area contributed by atoms with Crippen LogP contribution in [0.3, 0.4) is 0 Å². The van der Waals surface area contributed by atoms with Crippen LogP contribution in [-0.2, 0) is 4.79 Å². The minimum Gasteiger partial charge on any atom is -0.492 e. The number of amides is 1. The maximum absolute atomic E-state index is 10.8. The van der Waals surface area contributed by atoms with Crippen molar-refractivity contribution in [3.8, 4) is 5.75 Å². The van der Waals surface area contributed by atoms with Crippen molar-refractivity contribution in [2.45, 2.75) is 19.9 Å². The van der Waals surface area contributed by atoms with Gasteiger partial charge in [0.05, 0.1) is 0 Å². The molecule has 0 aromatic heterocycles. The fraction of sp³-hybridized carbons (Fsp3) is 0.364. The van der Waals surface area contributed by atoms with Crippen molar-refractivity contribution in [1.82, 2.24) is 0 Å². The van der Waals surface area contributed by atoms with Gasteiger partial charge in [-0.25, -0.2) is 0 Å². The van der Waals surface area contributed by atoms with Crippen molar-refractivity contribution in [3.05, 3.63) is 24.3 Å². The molecular weight excluding hydrogens is 192 g/mol. The molecule has 4 heteroatoms. The predicted octanol–water partition coefficient (Wildman–Crippen LogP) is 1.37. The highest BCUT2D eigenvalue weighted by Gasteiger charge is 1.99. The van der Waals surface area contributed by atoms with E-state index in [0.717, 1.165) is 5.69 Å². The molecule has 1 unspecified atom stereocenters. The highest BCUT2D eigenvalue weighted by atomic mass is 16.5. The van der Waals surface area contributed by atoms with E-state index in [1.165, 1.54) is 6.92 Å². The van der Waals surface area contributed by atoms with Crippen LogP contribution >= 0.6 is 0 Å². The number of rotatable bonds is 4. The number of benzene rings is 1. The lowest BCUT2D eigenvalue weighted by Gasteiger charge is -2.10. The molecular formula is C11H16N2O2. The Morgan fingerprint density at radius 3 is 2.93 bits per heavy atom. The van der Waals surface area contributed by atoms with Crippen molar-refractivity contribution in [1.29, 1.82) is 0 Å². The van der Waals surface area contributed by atoms with E-state index >= 15 is 0 Å². The normalized spacial score (nSPS) is 11.9. The number of hydrogen-bond donors (Lipinski definition) is 2. The molecule has 1 atom stereocenters. The van der Waals surface area contributed by atoms with E-state index in [0.29, 0.717) is 12.4 Å². The van der Waals surface area contributed by atoms with Crippen LogP contribution in [0.2, 0.25) is 0 Å². The average Bonchev–Trinajstić information content (AvgIpc) is 2.14. The third-order valence-corrected chi connectivity index (χ3v) is 1.67. The molecule has 3 N–H and O–H groups in total. The molecule has 4 nitrogen and oxygen atoms in total. The summed E-state index contributed by atoms with van der Waals surface area (Å²) < 4.78 is 5.41. The van der Waals surface area contributed by atoms with Gasteiger partial charge < -0.3 is 15.8 Å². The summed E-state index contributed by atoms with van der Waals surface area (Å²) in [7, 11) is 0. The van der Waals surface area contributed by atoms with Crippen molar-refractivity contribution in [2.24, 2.45) is 5.73 Å². The van der Waals surface area contributed by atoms with E-state index in [1.807, 2.05) is 19.1 Å². The summed E-state index contributed by atoms with van der Waals surface area (Å²) in [5, 5.41) is 2.68. The van der Waals surface area contributed by atoms with Gasteiger partial charge in [0.1, 0.15) is 12.4 Å². The Bertz CT molecular complexity index is 337. The van der Waals surface area contributed by atoms with Crippen LogP contribution in [0.5, 0.6) is 5.75 Å². The second kappa shape index (κ2) is 5.36. The van der Waals surface area contributed by atoms with E-state index in [9.17, 15) is 4.79 Å². The Labute approximate surface area is 89.4 Å². The first-order valence-corrected chi connectivity index (χ1v) is 4.84. The van der Waals surface area contributed by atoms with Crippen molar-refractivity contribution in [3.63, 3.8) is 0 Å². The number of anilines is 1. The van der Waals surface area contributed by atoms with Gasteiger partial charge in [0, 0.05) is 24.7 Å². The van der Waals surface area contributed by atoms with E-state index < -0.39 is 0 Å². The van der Waals surface area contributed by atoms with Crippen LogP contribution in [0, 0.1) is 0 Å². The molecule has 0 saturated carbocycles. The fourth-order valence-electron chi connectivity index (χ4n) is 1.09. The first-order chi connectivity index (χ1) is 7.08. The second-order valence-electron chi connectivity index (χ2n) is 3.50. The number of nitrogens with two attached hydrogens (primary N) is 1. The number of carbonyl (C=O) groups is 1. The van der Waals surface area contributed by atoms with Crippen LogP contribution < -0.4 is 15.8 Å². The maximum Gasteiger partial charge on any atom is 0.221 e. The van der Waals surface area contributed by atoms with Crippen molar-refractivity contribution in [2.75, 3.05) is 11.9 Å². The monoisotopic (exact) mass is 208 g/mol. The number of ether oxygens (including phenoxy) is 1. The van der Waals surface area contributed by atoms with Gasteiger partial charge in [-0.2, -0.15) is 0 Å². The minimum atomic E-state index is -0.0978. The standard InChI is InChI=1S/C11H16N2O2/c1-8(12)7-15-11-5-3-4-10(6-11)13-9(2)14/h3-6,8H,7,12H2,1-2H3,(H,13,14). The Hall–Kier alpha value is -1.55. The van der Waals surface area contributed by atoms with E-state index in [-0.39, 0.29) is 11.9 Å². The predicted molar refractivity (Wildman–Crippen MR) is 59.9 cm³/mol. The first kappa shape index (κ1) is 11.5. The largest absolute Gasteiger partial charge is 0.492 e. The Kier molecular flexibility index (Phi) is 4.12. The molecule has 0 heterocycles.